The molecule has 4 heterocycles. The smallest absolute Gasteiger partial charge is 0.311 e. The highest BCUT2D eigenvalue weighted by atomic mass is 16.7. The van der Waals surface area contributed by atoms with Crippen LogP contribution >= 0.6 is 0 Å². The van der Waals surface area contributed by atoms with Gasteiger partial charge in [0, 0.05) is 56.0 Å². The number of hydrogen-bond donors (Lipinski definition) is 4. The number of nitrogens with zero attached hydrogens (tertiary/aromatic N) is 2. The zero-order valence-electron chi connectivity index (χ0n) is 43.7. The van der Waals surface area contributed by atoms with Crippen LogP contribution in [0.2, 0.25) is 0 Å². The molecule has 4 N–H and O–H groups in total. The quantitative estimate of drug-likeness (QED) is 0.162. The summed E-state index contributed by atoms with van der Waals surface area (Å²) in [5.41, 5.74) is -5.14. The second-order valence-electron chi connectivity index (χ2n) is 21.3. The van der Waals surface area contributed by atoms with Gasteiger partial charge in [-0.25, -0.2) is 0 Å². The van der Waals surface area contributed by atoms with E-state index in [-0.39, 0.29) is 38.2 Å². The van der Waals surface area contributed by atoms with Gasteiger partial charge in [-0.1, -0.05) is 34.6 Å². The molecule has 4 aliphatic heterocycles. The predicted octanol–water partition coefficient (Wildman–Crippen LogP) is 3.11. The summed E-state index contributed by atoms with van der Waals surface area (Å²) >= 11 is 0. The normalized spacial score (nSPS) is 45.9. The van der Waals surface area contributed by atoms with Crippen molar-refractivity contribution in [2.24, 2.45) is 23.7 Å². The lowest BCUT2D eigenvalue weighted by Gasteiger charge is -2.51. The van der Waals surface area contributed by atoms with Crippen molar-refractivity contribution >= 4 is 23.7 Å². The summed E-state index contributed by atoms with van der Waals surface area (Å²) in [4.78, 5) is 58.4. The molecule has 4 aliphatic rings. The second-order valence-corrected chi connectivity index (χ2v) is 21.3. The third-order valence-electron chi connectivity index (χ3n) is 15.0. The van der Waals surface area contributed by atoms with Gasteiger partial charge in [-0.05, 0) is 95.9 Å². The van der Waals surface area contributed by atoms with E-state index < -0.39 is 150 Å². The third kappa shape index (κ3) is 13.2. The monoisotopic (exact) mass is 975 g/mol. The zero-order chi connectivity index (χ0) is 51.5. The highest BCUT2D eigenvalue weighted by Crippen LogP contribution is 2.44. The van der Waals surface area contributed by atoms with Gasteiger partial charge in [-0.3, -0.25) is 19.2 Å². The summed E-state index contributed by atoms with van der Waals surface area (Å²) in [5.74, 6) is -6.58. The molecule has 0 unspecified atom stereocenters. The van der Waals surface area contributed by atoms with Gasteiger partial charge in [0.1, 0.15) is 23.6 Å². The molecule has 0 bridgehead atoms. The molecule has 0 aliphatic carbocycles. The Hall–Kier alpha value is -2.40. The van der Waals surface area contributed by atoms with Crippen LogP contribution in [0.1, 0.15) is 129 Å². The number of cyclic esters (lactones) is 1. The Morgan fingerprint density at radius 2 is 1.34 bits per heavy atom. The number of rotatable bonds is 12. The standard InChI is InChI=1S/C49H86N2O17/c1-18-34-49(13,59)42(57)26(5)38(54)24(3)22-47(11,68-36-21-33(51(16)17)39(55)29(8)61-36)43(66-46-40(56)32(50(14)15)20-25(4)60-46)27(6)41(28(7)45(58)63-34)65-37-23-48(12,67-31(10)52)44(30(9)62-37)64-35(53)19-2/h24-30,32-34,36-37,39-44,46,55-57,59H,18-23H2,1-17H3/t24-,25+,26+,27+,28-,29+,30+,32-,33-,34-,36+,37+,39+,40+,41+,42-,43-,44+,46-,47-,48-,49-/m1/s1. The number of ketones is 1. The minimum absolute atomic E-state index is 0.0567. The summed E-state index contributed by atoms with van der Waals surface area (Å²) in [7, 11) is 7.38. The third-order valence-corrected chi connectivity index (χ3v) is 15.0. The summed E-state index contributed by atoms with van der Waals surface area (Å²) in [6.07, 6.45) is -13.3. The number of carbonyl (C=O) groups excluding carboxylic acids is 4. The van der Waals surface area contributed by atoms with Crippen LogP contribution in [-0.4, -0.2) is 191 Å². The first-order chi connectivity index (χ1) is 31.4. The van der Waals surface area contributed by atoms with Gasteiger partial charge in [-0.2, -0.15) is 0 Å². The van der Waals surface area contributed by atoms with Crippen LogP contribution in [0.25, 0.3) is 0 Å². The molecular weight excluding hydrogens is 889 g/mol. The molecule has 0 radical (unpaired) electrons. The molecule has 68 heavy (non-hydrogen) atoms. The number of esters is 3. The number of carbonyl (C=O) groups is 4. The van der Waals surface area contributed by atoms with Gasteiger partial charge in [0.15, 0.2) is 30.6 Å². The molecular formula is C49H86N2O17. The first-order valence-corrected chi connectivity index (χ1v) is 24.6. The molecule has 4 rings (SSSR count). The number of likely N-dealkylation sites (N-methyl/N-ethyl adjacent to an activating group) is 2. The maximum Gasteiger partial charge on any atom is 0.311 e. The van der Waals surface area contributed by atoms with E-state index in [0.717, 1.165) is 0 Å². The van der Waals surface area contributed by atoms with E-state index in [4.69, 9.17) is 42.6 Å². The van der Waals surface area contributed by atoms with Crippen molar-refractivity contribution in [1.82, 2.24) is 9.80 Å². The number of aliphatic hydroxyl groups excluding tert-OH is 3. The second kappa shape index (κ2) is 23.4. The fourth-order valence-corrected chi connectivity index (χ4v) is 11.1. The highest BCUT2D eigenvalue weighted by molar-refractivity contribution is 5.83. The summed E-state index contributed by atoms with van der Waals surface area (Å²) in [5, 5.41) is 47.0. The molecule has 0 saturated carbocycles. The Morgan fingerprint density at radius 3 is 1.90 bits per heavy atom. The number of aliphatic hydroxyl groups is 4. The minimum atomic E-state index is -2.09. The molecule has 4 fully saturated rings. The molecule has 22 atom stereocenters. The molecule has 0 aromatic rings. The molecule has 19 nitrogen and oxygen atoms in total. The Morgan fingerprint density at radius 1 is 0.750 bits per heavy atom. The van der Waals surface area contributed by atoms with Crippen molar-refractivity contribution in [1.29, 1.82) is 0 Å². The average molecular weight is 975 g/mol. The molecule has 19 heteroatoms. The number of hydrogen-bond acceptors (Lipinski definition) is 19. The SMILES string of the molecule is CCC(=O)O[C@H]1[C@H](C)O[C@@H](O[C@H]2[C@H](C)[C@@H](O[C@H]3O[C@@H](C)C[C@@H](N(C)C)[C@@H]3O)[C@](C)(O[C@H]3C[C@@H](N(C)C)[C@@H](O)[C@H](C)O3)C[C@@H](C)C(=O)[C@H](C)[C@@H](O)[C@](C)(O)[C@@H](CC)OC(=O)[C@@H]2C)C[C@@]1(C)OC(C)=O. The van der Waals surface area contributed by atoms with Crippen molar-refractivity contribution in [2.45, 2.75) is 237 Å². The lowest BCUT2D eigenvalue weighted by molar-refractivity contribution is -0.340. The maximum absolute atomic E-state index is 14.7. The van der Waals surface area contributed by atoms with Gasteiger partial charge in [0.25, 0.3) is 0 Å². The van der Waals surface area contributed by atoms with Crippen molar-refractivity contribution < 1.29 is 82.2 Å². The van der Waals surface area contributed by atoms with E-state index in [1.807, 2.05) is 44.9 Å². The molecule has 0 amide bonds. The van der Waals surface area contributed by atoms with Crippen molar-refractivity contribution in [2.75, 3.05) is 28.2 Å². The van der Waals surface area contributed by atoms with Crippen LogP contribution in [0.3, 0.4) is 0 Å². The highest BCUT2D eigenvalue weighted by Gasteiger charge is 2.56. The largest absolute Gasteiger partial charge is 0.459 e. The van der Waals surface area contributed by atoms with Crippen LogP contribution in [-0.2, 0) is 61.8 Å². The van der Waals surface area contributed by atoms with E-state index in [0.29, 0.717) is 6.42 Å². The van der Waals surface area contributed by atoms with Crippen LogP contribution in [0, 0.1) is 23.7 Å². The Balaban J connectivity index is 1.99. The summed E-state index contributed by atoms with van der Waals surface area (Å²) in [6.45, 7) is 21.1. The maximum atomic E-state index is 14.7. The molecule has 0 aromatic heterocycles. The summed E-state index contributed by atoms with van der Waals surface area (Å²) < 4.78 is 58.2. The van der Waals surface area contributed by atoms with Gasteiger partial charge in [0.2, 0.25) is 0 Å². The average Bonchev–Trinajstić information content (AvgIpc) is 3.24. The molecule has 394 valence electrons. The van der Waals surface area contributed by atoms with E-state index in [1.165, 1.54) is 20.8 Å². The van der Waals surface area contributed by atoms with E-state index in [2.05, 4.69) is 0 Å². The van der Waals surface area contributed by atoms with Crippen LogP contribution in [0.15, 0.2) is 0 Å². The minimum Gasteiger partial charge on any atom is -0.459 e. The fraction of sp³-hybridized carbons (Fsp3) is 0.918. The van der Waals surface area contributed by atoms with Crippen molar-refractivity contribution in [3.8, 4) is 0 Å². The number of Topliss-reactive ketones (excluding diaryl/α,β-unsaturated/α-hetero) is 1. The predicted molar refractivity (Wildman–Crippen MR) is 246 cm³/mol. The van der Waals surface area contributed by atoms with E-state index >= 15 is 0 Å². The summed E-state index contributed by atoms with van der Waals surface area (Å²) in [6, 6.07) is -0.804. The molecule has 0 aromatic carbocycles. The van der Waals surface area contributed by atoms with Gasteiger partial charge >= 0.3 is 17.9 Å². The van der Waals surface area contributed by atoms with Gasteiger partial charge < -0.3 is 72.9 Å². The lowest BCUT2D eigenvalue weighted by Crippen LogP contribution is -2.63. The van der Waals surface area contributed by atoms with Crippen molar-refractivity contribution in [3.63, 3.8) is 0 Å². The van der Waals surface area contributed by atoms with Crippen LogP contribution in [0.4, 0.5) is 0 Å². The van der Waals surface area contributed by atoms with Gasteiger partial charge in [0.05, 0.1) is 54.2 Å². The Bertz CT molecular complexity index is 1700. The Labute approximate surface area is 404 Å². The number of ether oxygens (including phenoxy) is 9. The fourth-order valence-electron chi connectivity index (χ4n) is 11.1. The zero-order valence-corrected chi connectivity index (χ0v) is 43.7. The van der Waals surface area contributed by atoms with Gasteiger partial charge in [-0.15, -0.1) is 0 Å². The van der Waals surface area contributed by atoms with Crippen LogP contribution in [0.5, 0.6) is 0 Å². The first-order valence-electron chi connectivity index (χ1n) is 24.6. The molecule has 4 saturated heterocycles. The Kier molecular flexibility index (Phi) is 20.0. The van der Waals surface area contributed by atoms with Crippen molar-refractivity contribution in [3.05, 3.63) is 0 Å². The topological polar surface area (TPSA) is 239 Å². The molecule has 0 spiro atoms. The first kappa shape index (κ1) is 58.2. The lowest BCUT2D eigenvalue weighted by atomic mass is 9.73. The van der Waals surface area contributed by atoms with E-state index in [9.17, 15) is 39.6 Å². The van der Waals surface area contributed by atoms with E-state index in [1.54, 1.807) is 62.3 Å². The van der Waals surface area contributed by atoms with Crippen LogP contribution < -0.4 is 0 Å².